The highest BCUT2D eigenvalue weighted by Crippen LogP contribution is 2.23. The molecule has 1 aliphatic heterocycles. The van der Waals surface area contributed by atoms with Crippen LogP contribution in [0, 0.1) is 5.82 Å². The number of amides is 2. The average molecular weight is 280 g/mol. The van der Waals surface area contributed by atoms with Crippen molar-refractivity contribution in [3.8, 4) is 5.75 Å². The van der Waals surface area contributed by atoms with Crippen molar-refractivity contribution >= 4 is 11.8 Å². The Bertz CT molecular complexity index is 547. The Labute approximate surface area is 116 Å². The van der Waals surface area contributed by atoms with Crippen molar-refractivity contribution in [2.75, 3.05) is 7.05 Å². The number of nitrogens with zero attached hydrogens (tertiary/aromatic N) is 1. The van der Waals surface area contributed by atoms with Crippen LogP contribution >= 0.6 is 0 Å². The topological polar surface area (TPSA) is 69.6 Å². The van der Waals surface area contributed by atoms with Crippen LogP contribution in [0.2, 0.25) is 0 Å². The SMILES string of the molecule is CC(NC1CCC(=O)N(C)C1=O)c1ccc(O)cc1F. The van der Waals surface area contributed by atoms with E-state index >= 15 is 0 Å². The predicted molar refractivity (Wildman–Crippen MR) is 70.4 cm³/mol. The minimum atomic E-state index is -0.530. The molecule has 0 spiro atoms. The van der Waals surface area contributed by atoms with Gasteiger partial charge in [0.2, 0.25) is 11.8 Å². The van der Waals surface area contributed by atoms with Gasteiger partial charge in [-0.05, 0) is 19.4 Å². The highest BCUT2D eigenvalue weighted by atomic mass is 19.1. The first-order chi connectivity index (χ1) is 9.40. The van der Waals surface area contributed by atoms with Gasteiger partial charge >= 0.3 is 0 Å². The lowest BCUT2D eigenvalue weighted by Gasteiger charge is -2.30. The molecule has 1 fully saturated rings. The molecule has 6 heteroatoms. The summed E-state index contributed by atoms with van der Waals surface area (Å²) in [6, 6.07) is 3.01. The summed E-state index contributed by atoms with van der Waals surface area (Å²) in [7, 11) is 1.45. The van der Waals surface area contributed by atoms with Crippen LogP contribution in [0.25, 0.3) is 0 Å². The van der Waals surface area contributed by atoms with E-state index in [-0.39, 0.29) is 17.6 Å². The third kappa shape index (κ3) is 2.80. The lowest BCUT2D eigenvalue weighted by Crippen LogP contribution is -2.51. The quantitative estimate of drug-likeness (QED) is 0.820. The highest BCUT2D eigenvalue weighted by Gasteiger charge is 2.32. The van der Waals surface area contributed by atoms with E-state index in [9.17, 15) is 19.1 Å². The Hall–Kier alpha value is -1.95. The van der Waals surface area contributed by atoms with E-state index in [0.717, 1.165) is 11.0 Å². The molecule has 0 aliphatic carbocycles. The molecule has 1 aliphatic rings. The number of halogens is 1. The maximum atomic E-state index is 13.7. The second-order valence-corrected chi connectivity index (χ2v) is 4.98. The normalized spacial score (nSPS) is 21.1. The first-order valence-electron chi connectivity index (χ1n) is 6.45. The van der Waals surface area contributed by atoms with Crippen molar-refractivity contribution < 1.29 is 19.1 Å². The van der Waals surface area contributed by atoms with Gasteiger partial charge in [0, 0.05) is 31.1 Å². The molecule has 2 unspecified atom stereocenters. The van der Waals surface area contributed by atoms with E-state index in [1.165, 1.54) is 19.2 Å². The number of hydrogen-bond acceptors (Lipinski definition) is 4. The zero-order valence-electron chi connectivity index (χ0n) is 11.4. The average Bonchev–Trinajstić information content (AvgIpc) is 2.39. The molecule has 0 saturated carbocycles. The number of imide groups is 1. The number of hydrogen-bond donors (Lipinski definition) is 2. The van der Waals surface area contributed by atoms with Crippen LogP contribution in [0.5, 0.6) is 5.75 Å². The van der Waals surface area contributed by atoms with Crippen molar-refractivity contribution in [2.45, 2.75) is 31.8 Å². The van der Waals surface area contributed by atoms with Crippen LogP contribution in [0.4, 0.5) is 4.39 Å². The van der Waals surface area contributed by atoms with Gasteiger partial charge in [-0.2, -0.15) is 0 Å². The molecule has 0 aromatic heterocycles. The molecular formula is C14H17FN2O3. The number of nitrogens with one attached hydrogen (secondary N) is 1. The van der Waals surface area contributed by atoms with Gasteiger partial charge in [-0.3, -0.25) is 19.8 Å². The Morgan fingerprint density at radius 3 is 2.80 bits per heavy atom. The maximum absolute atomic E-state index is 13.7. The minimum absolute atomic E-state index is 0.141. The van der Waals surface area contributed by atoms with Gasteiger partial charge in [-0.1, -0.05) is 6.07 Å². The summed E-state index contributed by atoms with van der Waals surface area (Å²) in [4.78, 5) is 24.4. The van der Waals surface area contributed by atoms with Crippen molar-refractivity contribution in [3.05, 3.63) is 29.6 Å². The number of carbonyl (C=O) groups excluding carboxylic acids is 2. The van der Waals surface area contributed by atoms with Gasteiger partial charge in [0.1, 0.15) is 11.6 Å². The first-order valence-corrected chi connectivity index (χ1v) is 6.45. The summed E-state index contributed by atoms with van der Waals surface area (Å²) < 4.78 is 13.7. The molecular weight excluding hydrogens is 263 g/mol. The monoisotopic (exact) mass is 280 g/mol. The number of piperidine rings is 1. The van der Waals surface area contributed by atoms with E-state index in [1.807, 2.05) is 0 Å². The Kier molecular flexibility index (Phi) is 4.04. The third-order valence-electron chi connectivity index (χ3n) is 3.55. The highest BCUT2D eigenvalue weighted by molar-refractivity contribution is 6.00. The van der Waals surface area contributed by atoms with Crippen molar-refractivity contribution in [1.82, 2.24) is 10.2 Å². The van der Waals surface area contributed by atoms with Crippen LogP contribution in [0.1, 0.15) is 31.4 Å². The molecule has 2 atom stereocenters. The van der Waals surface area contributed by atoms with Crippen molar-refractivity contribution in [2.24, 2.45) is 0 Å². The van der Waals surface area contributed by atoms with E-state index in [0.29, 0.717) is 18.4 Å². The zero-order valence-corrected chi connectivity index (χ0v) is 11.4. The summed E-state index contributed by atoms with van der Waals surface area (Å²) in [5, 5.41) is 12.2. The summed E-state index contributed by atoms with van der Waals surface area (Å²) in [5.74, 6) is -1.17. The maximum Gasteiger partial charge on any atom is 0.246 e. The predicted octanol–water partition coefficient (Wildman–Crippen LogP) is 1.33. The summed E-state index contributed by atoms with van der Waals surface area (Å²) in [6.07, 6.45) is 0.705. The summed E-state index contributed by atoms with van der Waals surface area (Å²) >= 11 is 0. The number of rotatable bonds is 3. The molecule has 2 amide bonds. The number of carbonyl (C=O) groups is 2. The molecule has 1 aromatic rings. The Balaban J connectivity index is 2.09. The Morgan fingerprint density at radius 2 is 2.15 bits per heavy atom. The van der Waals surface area contributed by atoms with Crippen LogP contribution in [-0.2, 0) is 9.59 Å². The van der Waals surface area contributed by atoms with Crippen LogP contribution < -0.4 is 5.32 Å². The summed E-state index contributed by atoms with van der Waals surface area (Å²) in [6.45, 7) is 1.74. The van der Waals surface area contributed by atoms with Gasteiger partial charge in [-0.25, -0.2) is 4.39 Å². The molecule has 108 valence electrons. The molecule has 0 radical (unpaired) electrons. The number of benzene rings is 1. The van der Waals surface area contributed by atoms with Crippen molar-refractivity contribution in [3.63, 3.8) is 0 Å². The van der Waals surface area contributed by atoms with Crippen molar-refractivity contribution in [1.29, 1.82) is 0 Å². The van der Waals surface area contributed by atoms with Gasteiger partial charge in [0.25, 0.3) is 0 Å². The number of likely N-dealkylation sites (N-methyl/N-ethyl adjacent to an activating group) is 1. The Morgan fingerprint density at radius 1 is 1.45 bits per heavy atom. The molecule has 1 aromatic carbocycles. The van der Waals surface area contributed by atoms with E-state index in [4.69, 9.17) is 0 Å². The molecule has 1 saturated heterocycles. The summed E-state index contributed by atoms with van der Waals surface area (Å²) in [5.41, 5.74) is 0.371. The number of likely N-dealkylation sites (tertiary alicyclic amines) is 1. The molecule has 5 nitrogen and oxygen atoms in total. The largest absolute Gasteiger partial charge is 0.508 e. The number of phenolic OH excluding ortho intramolecular Hbond substituents is 1. The van der Waals surface area contributed by atoms with Gasteiger partial charge in [0.15, 0.2) is 0 Å². The smallest absolute Gasteiger partial charge is 0.246 e. The fourth-order valence-corrected chi connectivity index (χ4v) is 2.33. The first kappa shape index (κ1) is 14.5. The number of aromatic hydroxyl groups is 1. The van der Waals surface area contributed by atoms with E-state index in [2.05, 4.69) is 5.32 Å². The van der Waals surface area contributed by atoms with Crippen LogP contribution in [-0.4, -0.2) is 34.9 Å². The van der Waals surface area contributed by atoms with Gasteiger partial charge in [-0.15, -0.1) is 0 Å². The van der Waals surface area contributed by atoms with E-state index in [1.54, 1.807) is 6.92 Å². The van der Waals surface area contributed by atoms with E-state index < -0.39 is 17.9 Å². The lowest BCUT2D eigenvalue weighted by atomic mass is 10.0. The standard InChI is InChI=1S/C14H17FN2O3/c1-8(10-4-3-9(18)7-11(10)15)16-12-5-6-13(19)17(2)14(12)20/h3-4,7-8,12,16,18H,5-6H2,1-2H3. The van der Waals surface area contributed by atoms with Gasteiger partial charge in [0.05, 0.1) is 6.04 Å². The molecule has 2 rings (SSSR count). The second kappa shape index (κ2) is 5.58. The molecule has 2 N–H and O–H groups in total. The molecule has 20 heavy (non-hydrogen) atoms. The second-order valence-electron chi connectivity index (χ2n) is 4.98. The molecule has 1 heterocycles. The van der Waals surface area contributed by atoms with Crippen LogP contribution in [0.3, 0.4) is 0 Å². The van der Waals surface area contributed by atoms with Gasteiger partial charge < -0.3 is 5.11 Å². The number of phenols is 1. The minimum Gasteiger partial charge on any atom is -0.508 e. The third-order valence-corrected chi connectivity index (χ3v) is 3.55. The van der Waals surface area contributed by atoms with Crippen LogP contribution in [0.15, 0.2) is 18.2 Å². The lowest BCUT2D eigenvalue weighted by molar-refractivity contribution is -0.148. The molecule has 0 bridgehead atoms. The fraction of sp³-hybridized carbons (Fsp3) is 0.429. The fourth-order valence-electron chi connectivity index (χ4n) is 2.33. The zero-order chi connectivity index (χ0) is 14.9.